The predicted molar refractivity (Wildman–Crippen MR) is 58.4 cm³/mol. The van der Waals surface area contributed by atoms with E-state index >= 15 is 0 Å². The van der Waals surface area contributed by atoms with Crippen LogP contribution in [0.15, 0.2) is 18.2 Å². The average molecular weight is 232 g/mol. The summed E-state index contributed by atoms with van der Waals surface area (Å²) in [4.78, 5) is 0. The Bertz CT molecular complexity index is 491. The first-order chi connectivity index (χ1) is 8.25. The van der Waals surface area contributed by atoms with E-state index in [-0.39, 0.29) is 12.8 Å². The normalized spacial score (nSPS) is 21.4. The van der Waals surface area contributed by atoms with Gasteiger partial charge in [0.2, 0.25) is 6.79 Å². The largest absolute Gasteiger partial charge is 0.454 e. The molecule has 2 aliphatic heterocycles. The molecule has 0 spiro atoms. The van der Waals surface area contributed by atoms with E-state index in [1.54, 1.807) is 0 Å². The number of ether oxygens (including phenoxy) is 3. The molecule has 1 fully saturated rings. The lowest BCUT2D eigenvalue weighted by Gasteiger charge is -2.39. The van der Waals surface area contributed by atoms with E-state index < -0.39 is 5.41 Å². The summed E-state index contributed by atoms with van der Waals surface area (Å²) in [5.74, 6) is 1.41. The third kappa shape index (κ3) is 1.46. The summed E-state index contributed by atoms with van der Waals surface area (Å²) in [6.07, 6.45) is 0. The molecule has 0 aliphatic carbocycles. The van der Waals surface area contributed by atoms with E-state index in [1.165, 1.54) is 0 Å². The van der Waals surface area contributed by atoms with Crippen LogP contribution in [0.3, 0.4) is 0 Å². The molecule has 1 aromatic carbocycles. The average Bonchev–Trinajstić information content (AvgIpc) is 2.74. The monoisotopic (exact) mass is 232 g/mol. The Morgan fingerprint density at radius 2 is 2.06 bits per heavy atom. The summed E-state index contributed by atoms with van der Waals surface area (Å²) in [6.45, 7) is 1.01. The highest BCUT2D eigenvalue weighted by atomic mass is 16.7. The zero-order valence-electron chi connectivity index (χ0n) is 9.18. The second-order valence-electron chi connectivity index (χ2n) is 4.35. The first kappa shape index (κ1) is 10.4. The summed E-state index contributed by atoms with van der Waals surface area (Å²) < 4.78 is 15.6. The van der Waals surface area contributed by atoms with Crippen LogP contribution in [-0.4, -0.2) is 20.0 Å². The Hall–Kier alpha value is -1.77. The van der Waals surface area contributed by atoms with Crippen molar-refractivity contribution in [3.63, 3.8) is 0 Å². The van der Waals surface area contributed by atoms with Crippen LogP contribution in [0.1, 0.15) is 11.6 Å². The third-order valence-electron chi connectivity index (χ3n) is 3.29. The van der Waals surface area contributed by atoms with E-state index in [2.05, 4.69) is 6.07 Å². The summed E-state index contributed by atoms with van der Waals surface area (Å²) >= 11 is 0. The highest BCUT2D eigenvalue weighted by Crippen LogP contribution is 2.41. The van der Waals surface area contributed by atoms with E-state index in [4.69, 9.17) is 19.9 Å². The minimum atomic E-state index is -0.603. The minimum Gasteiger partial charge on any atom is -0.454 e. The van der Waals surface area contributed by atoms with E-state index in [0.29, 0.717) is 19.0 Å². The molecule has 0 amide bonds. The molecule has 0 radical (unpaired) electrons. The summed E-state index contributed by atoms with van der Waals surface area (Å²) in [5.41, 5.74) is 6.41. The molecule has 88 valence electrons. The van der Waals surface area contributed by atoms with E-state index in [0.717, 1.165) is 11.3 Å². The van der Waals surface area contributed by atoms with Crippen LogP contribution in [0.25, 0.3) is 0 Å². The van der Waals surface area contributed by atoms with Gasteiger partial charge in [0.25, 0.3) is 0 Å². The number of nitrogens with two attached hydrogens (primary N) is 1. The number of benzene rings is 1. The maximum atomic E-state index is 9.20. The lowest BCUT2D eigenvalue weighted by Crippen LogP contribution is -2.49. The standard InChI is InChI=1S/C12H12N2O3/c13-4-12(5-15-6-12)11(14)8-1-2-9-10(3-8)17-7-16-9/h1-3,11H,5-7,14H2. The molecule has 1 aromatic rings. The Morgan fingerprint density at radius 1 is 1.29 bits per heavy atom. The number of hydrogen-bond acceptors (Lipinski definition) is 5. The number of nitrogens with zero attached hydrogens (tertiary/aromatic N) is 1. The summed E-state index contributed by atoms with van der Waals surface area (Å²) in [7, 11) is 0. The van der Waals surface area contributed by atoms with Gasteiger partial charge in [-0.2, -0.15) is 5.26 Å². The predicted octanol–water partition coefficient (Wildman–Crippen LogP) is 0.955. The molecule has 0 bridgehead atoms. The van der Waals surface area contributed by atoms with Crippen molar-refractivity contribution >= 4 is 0 Å². The van der Waals surface area contributed by atoms with Crippen molar-refractivity contribution in [3.05, 3.63) is 23.8 Å². The number of rotatable bonds is 2. The van der Waals surface area contributed by atoms with Gasteiger partial charge in [-0.15, -0.1) is 0 Å². The van der Waals surface area contributed by atoms with Crippen LogP contribution in [0.2, 0.25) is 0 Å². The molecule has 0 saturated carbocycles. The molecule has 1 atom stereocenters. The highest BCUT2D eigenvalue weighted by molar-refractivity contribution is 5.46. The molecule has 1 unspecified atom stereocenters. The second kappa shape index (κ2) is 3.62. The minimum absolute atomic E-state index is 0.237. The first-order valence-electron chi connectivity index (χ1n) is 5.39. The fraction of sp³-hybridized carbons (Fsp3) is 0.417. The zero-order chi connectivity index (χ0) is 11.9. The number of fused-ring (bicyclic) bond motifs is 1. The van der Waals surface area contributed by atoms with Crippen LogP contribution in [0.5, 0.6) is 11.5 Å². The van der Waals surface area contributed by atoms with Gasteiger partial charge in [0.1, 0.15) is 5.41 Å². The van der Waals surface area contributed by atoms with Gasteiger partial charge >= 0.3 is 0 Å². The fourth-order valence-corrected chi connectivity index (χ4v) is 2.06. The third-order valence-corrected chi connectivity index (χ3v) is 3.29. The lowest BCUT2D eigenvalue weighted by atomic mass is 9.77. The summed E-state index contributed by atoms with van der Waals surface area (Å²) in [5, 5.41) is 9.20. The second-order valence-corrected chi connectivity index (χ2v) is 4.35. The SMILES string of the molecule is N#CC1(C(N)c2ccc3c(c2)OCO3)COC1. The van der Waals surface area contributed by atoms with Gasteiger partial charge in [0.05, 0.1) is 25.3 Å². The van der Waals surface area contributed by atoms with Crippen molar-refractivity contribution < 1.29 is 14.2 Å². The Morgan fingerprint density at radius 3 is 2.71 bits per heavy atom. The van der Waals surface area contributed by atoms with Crippen LogP contribution in [0, 0.1) is 16.7 Å². The molecule has 0 aromatic heterocycles. The molecule has 5 nitrogen and oxygen atoms in total. The van der Waals surface area contributed by atoms with Gasteiger partial charge in [-0.1, -0.05) is 6.07 Å². The van der Waals surface area contributed by atoms with Gasteiger partial charge in [0.15, 0.2) is 11.5 Å². The van der Waals surface area contributed by atoms with Crippen LogP contribution in [-0.2, 0) is 4.74 Å². The topological polar surface area (TPSA) is 77.5 Å². The molecular weight excluding hydrogens is 220 g/mol. The molecule has 3 rings (SSSR count). The Labute approximate surface area is 98.7 Å². The quantitative estimate of drug-likeness (QED) is 0.821. The lowest BCUT2D eigenvalue weighted by molar-refractivity contribution is -0.0910. The molecule has 5 heteroatoms. The van der Waals surface area contributed by atoms with E-state index in [1.807, 2.05) is 18.2 Å². The Kier molecular flexibility index (Phi) is 2.21. The molecule has 2 aliphatic rings. The molecular formula is C12H12N2O3. The van der Waals surface area contributed by atoms with Gasteiger partial charge in [0, 0.05) is 0 Å². The smallest absolute Gasteiger partial charge is 0.231 e. The highest BCUT2D eigenvalue weighted by Gasteiger charge is 2.45. The number of nitriles is 1. The van der Waals surface area contributed by atoms with E-state index in [9.17, 15) is 5.26 Å². The van der Waals surface area contributed by atoms with Crippen molar-refractivity contribution in [2.45, 2.75) is 6.04 Å². The van der Waals surface area contributed by atoms with Gasteiger partial charge in [-0.3, -0.25) is 0 Å². The molecule has 1 saturated heterocycles. The maximum absolute atomic E-state index is 9.20. The van der Waals surface area contributed by atoms with Crippen LogP contribution >= 0.6 is 0 Å². The van der Waals surface area contributed by atoms with Gasteiger partial charge < -0.3 is 19.9 Å². The summed E-state index contributed by atoms with van der Waals surface area (Å²) in [6, 6.07) is 7.42. The van der Waals surface area contributed by atoms with Crippen LogP contribution < -0.4 is 15.2 Å². The van der Waals surface area contributed by atoms with Crippen molar-refractivity contribution in [3.8, 4) is 17.6 Å². The van der Waals surface area contributed by atoms with Crippen LogP contribution in [0.4, 0.5) is 0 Å². The molecule has 2 heterocycles. The van der Waals surface area contributed by atoms with Gasteiger partial charge in [-0.05, 0) is 17.7 Å². The number of hydrogen-bond donors (Lipinski definition) is 1. The van der Waals surface area contributed by atoms with Gasteiger partial charge in [-0.25, -0.2) is 0 Å². The Balaban J connectivity index is 1.92. The first-order valence-corrected chi connectivity index (χ1v) is 5.39. The molecule has 17 heavy (non-hydrogen) atoms. The molecule has 2 N–H and O–H groups in total. The fourth-order valence-electron chi connectivity index (χ4n) is 2.06. The van der Waals surface area contributed by atoms with Crippen molar-refractivity contribution in [2.75, 3.05) is 20.0 Å². The van der Waals surface area contributed by atoms with Crippen molar-refractivity contribution in [2.24, 2.45) is 11.1 Å². The van der Waals surface area contributed by atoms with Crippen molar-refractivity contribution in [1.82, 2.24) is 0 Å². The zero-order valence-corrected chi connectivity index (χ0v) is 9.18. The van der Waals surface area contributed by atoms with Crippen molar-refractivity contribution in [1.29, 1.82) is 5.26 Å². The maximum Gasteiger partial charge on any atom is 0.231 e.